The number of nitrogens with one attached hydrogen (secondary N) is 2. The van der Waals surface area contributed by atoms with Gasteiger partial charge in [0.1, 0.15) is 5.75 Å². The van der Waals surface area contributed by atoms with Gasteiger partial charge in [0.05, 0.1) is 19.7 Å². The van der Waals surface area contributed by atoms with E-state index in [4.69, 9.17) is 4.74 Å². The quantitative estimate of drug-likeness (QED) is 0.735. The number of benzene rings is 2. The van der Waals surface area contributed by atoms with Crippen LogP contribution in [0.1, 0.15) is 23.6 Å². The van der Waals surface area contributed by atoms with Crippen molar-refractivity contribution in [3.63, 3.8) is 0 Å². The summed E-state index contributed by atoms with van der Waals surface area (Å²) < 4.78 is 5.13. The largest absolute Gasteiger partial charge is 0.497 e. The molecular weight excluding hydrogens is 354 g/mol. The summed E-state index contributed by atoms with van der Waals surface area (Å²) >= 11 is 0. The maximum atomic E-state index is 12.4. The first kappa shape index (κ1) is 21.4. The number of likely N-dealkylation sites (N-methyl/N-ethyl adjacent to an activating group) is 1. The van der Waals surface area contributed by atoms with Crippen LogP contribution < -0.4 is 15.4 Å². The molecule has 2 aromatic rings. The van der Waals surface area contributed by atoms with E-state index in [0.717, 1.165) is 28.1 Å². The predicted molar refractivity (Wildman–Crippen MR) is 111 cm³/mol. The summed E-state index contributed by atoms with van der Waals surface area (Å²) in [6, 6.07) is 13.0. The van der Waals surface area contributed by atoms with Gasteiger partial charge >= 0.3 is 0 Å². The molecule has 6 nitrogen and oxygen atoms in total. The van der Waals surface area contributed by atoms with Crippen molar-refractivity contribution in [3.8, 4) is 5.75 Å². The van der Waals surface area contributed by atoms with Crippen molar-refractivity contribution in [1.82, 2.24) is 10.2 Å². The topological polar surface area (TPSA) is 70.7 Å². The predicted octanol–water partition coefficient (Wildman–Crippen LogP) is 2.89. The molecule has 0 aliphatic carbocycles. The Balaban J connectivity index is 1.84. The molecule has 2 rings (SSSR count). The lowest BCUT2D eigenvalue weighted by molar-refractivity contribution is -0.126. The number of anilines is 1. The van der Waals surface area contributed by atoms with Gasteiger partial charge in [-0.05, 0) is 62.7 Å². The number of nitrogens with zero attached hydrogens (tertiary/aromatic N) is 1. The van der Waals surface area contributed by atoms with E-state index in [0.29, 0.717) is 6.54 Å². The van der Waals surface area contributed by atoms with E-state index in [-0.39, 0.29) is 18.4 Å². The van der Waals surface area contributed by atoms with Gasteiger partial charge in [-0.3, -0.25) is 14.5 Å². The van der Waals surface area contributed by atoms with Crippen molar-refractivity contribution in [2.24, 2.45) is 0 Å². The zero-order chi connectivity index (χ0) is 20.7. The molecule has 150 valence electrons. The van der Waals surface area contributed by atoms with Crippen LogP contribution in [0.4, 0.5) is 5.69 Å². The molecule has 2 N–H and O–H groups in total. The van der Waals surface area contributed by atoms with Crippen molar-refractivity contribution >= 4 is 17.5 Å². The summed E-state index contributed by atoms with van der Waals surface area (Å²) in [5, 5.41) is 5.82. The fraction of sp³-hybridized carbons (Fsp3) is 0.364. The summed E-state index contributed by atoms with van der Waals surface area (Å²) in [7, 11) is 3.38. The first-order valence-electron chi connectivity index (χ1n) is 9.28. The van der Waals surface area contributed by atoms with E-state index in [2.05, 4.69) is 10.6 Å². The van der Waals surface area contributed by atoms with Gasteiger partial charge in [0.25, 0.3) is 0 Å². The Morgan fingerprint density at radius 2 is 1.79 bits per heavy atom. The van der Waals surface area contributed by atoms with Gasteiger partial charge in [-0.1, -0.05) is 24.3 Å². The first-order valence-corrected chi connectivity index (χ1v) is 9.28. The molecule has 0 spiro atoms. The third-order valence-electron chi connectivity index (χ3n) is 4.73. The number of carbonyl (C=O) groups excluding carboxylic acids is 2. The molecule has 0 fully saturated rings. The van der Waals surface area contributed by atoms with E-state index in [1.54, 1.807) is 26.0 Å². The van der Waals surface area contributed by atoms with Gasteiger partial charge in [-0.2, -0.15) is 0 Å². The molecule has 0 aliphatic rings. The Hall–Kier alpha value is -2.86. The van der Waals surface area contributed by atoms with E-state index in [9.17, 15) is 9.59 Å². The van der Waals surface area contributed by atoms with Crippen LogP contribution in [-0.2, 0) is 16.1 Å². The van der Waals surface area contributed by atoms with Crippen LogP contribution in [-0.4, -0.2) is 43.5 Å². The third-order valence-corrected chi connectivity index (χ3v) is 4.73. The molecule has 0 aromatic heterocycles. The number of ether oxygens (including phenoxy) is 1. The van der Waals surface area contributed by atoms with Gasteiger partial charge in [-0.15, -0.1) is 0 Å². The molecule has 1 atom stereocenters. The Morgan fingerprint density at radius 1 is 1.11 bits per heavy atom. The molecule has 0 radical (unpaired) electrons. The van der Waals surface area contributed by atoms with Gasteiger partial charge < -0.3 is 15.4 Å². The van der Waals surface area contributed by atoms with Crippen molar-refractivity contribution in [2.75, 3.05) is 26.0 Å². The molecule has 0 aliphatic heterocycles. The number of hydrogen-bond acceptors (Lipinski definition) is 4. The third kappa shape index (κ3) is 6.09. The van der Waals surface area contributed by atoms with Crippen LogP contribution >= 0.6 is 0 Å². The van der Waals surface area contributed by atoms with Crippen LogP contribution in [0, 0.1) is 13.8 Å². The lowest BCUT2D eigenvalue weighted by atomic mass is 10.1. The molecule has 2 amide bonds. The van der Waals surface area contributed by atoms with Crippen LogP contribution in [0.5, 0.6) is 5.75 Å². The van der Waals surface area contributed by atoms with Crippen molar-refractivity contribution in [1.29, 1.82) is 0 Å². The maximum absolute atomic E-state index is 12.4. The number of rotatable bonds is 8. The molecule has 0 heterocycles. The normalized spacial score (nSPS) is 11.8. The second-order valence-electron chi connectivity index (χ2n) is 7.02. The molecule has 2 aromatic carbocycles. The molecule has 0 bridgehead atoms. The Labute approximate surface area is 166 Å². The van der Waals surface area contributed by atoms with Crippen LogP contribution in [0.2, 0.25) is 0 Å². The molecule has 0 unspecified atom stereocenters. The Bertz CT molecular complexity index is 818. The van der Waals surface area contributed by atoms with Gasteiger partial charge in [0.2, 0.25) is 11.8 Å². The maximum Gasteiger partial charge on any atom is 0.238 e. The number of amides is 2. The molecule has 28 heavy (non-hydrogen) atoms. The lowest BCUT2D eigenvalue weighted by Crippen LogP contribution is -2.45. The minimum atomic E-state index is -0.428. The van der Waals surface area contributed by atoms with Gasteiger partial charge in [0, 0.05) is 12.2 Å². The number of methoxy groups -OCH3 is 1. The summed E-state index contributed by atoms with van der Waals surface area (Å²) in [4.78, 5) is 26.5. The van der Waals surface area contributed by atoms with Crippen LogP contribution in [0.25, 0.3) is 0 Å². The van der Waals surface area contributed by atoms with E-state index in [1.807, 2.05) is 56.3 Å². The SMILES string of the molecule is COc1ccc(CNC(=O)[C@@H](C)N(C)CC(=O)Nc2cc(C)ccc2C)cc1. The monoisotopic (exact) mass is 383 g/mol. The zero-order valence-electron chi connectivity index (χ0n) is 17.2. The highest BCUT2D eigenvalue weighted by atomic mass is 16.5. The van der Waals surface area contributed by atoms with Crippen LogP contribution in [0.15, 0.2) is 42.5 Å². The van der Waals surface area contributed by atoms with Crippen molar-refractivity contribution in [2.45, 2.75) is 33.4 Å². The molecule has 0 saturated carbocycles. The minimum Gasteiger partial charge on any atom is -0.497 e. The molecule has 0 saturated heterocycles. The highest BCUT2D eigenvalue weighted by molar-refractivity contribution is 5.93. The number of hydrogen-bond donors (Lipinski definition) is 2. The fourth-order valence-electron chi connectivity index (χ4n) is 2.70. The van der Waals surface area contributed by atoms with Crippen molar-refractivity contribution in [3.05, 3.63) is 59.2 Å². The smallest absolute Gasteiger partial charge is 0.238 e. The van der Waals surface area contributed by atoms with Gasteiger partial charge in [0.15, 0.2) is 0 Å². The second-order valence-corrected chi connectivity index (χ2v) is 7.02. The second kappa shape index (κ2) is 9.90. The molecule has 6 heteroatoms. The van der Waals surface area contributed by atoms with Crippen molar-refractivity contribution < 1.29 is 14.3 Å². The van der Waals surface area contributed by atoms with E-state index in [1.165, 1.54) is 0 Å². The average molecular weight is 383 g/mol. The number of carbonyl (C=O) groups is 2. The summed E-state index contributed by atoms with van der Waals surface area (Å²) in [5.41, 5.74) is 3.87. The highest BCUT2D eigenvalue weighted by Crippen LogP contribution is 2.16. The van der Waals surface area contributed by atoms with E-state index >= 15 is 0 Å². The molecular formula is C22H29N3O3. The summed E-state index contributed by atoms with van der Waals surface area (Å²) in [6.07, 6.45) is 0. The highest BCUT2D eigenvalue weighted by Gasteiger charge is 2.20. The standard InChI is InChI=1S/C22H29N3O3/c1-15-6-7-16(2)20(12-15)24-21(26)14-25(4)17(3)22(27)23-13-18-8-10-19(28-5)11-9-18/h6-12,17H,13-14H2,1-5H3,(H,23,27)(H,24,26)/t17-/m1/s1. The number of aryl methyl sites for hydroxylation is 2. The van der Waals surface area contributed by atoms with Gasteiger partial charge in [-0.25, -0.2) is 0 Å². The van der Waals surface area contributed by atoms with E-state index < -0.39 is 6.04 Å². The lowest BCUT2D eigenvalue weighted by Gasteiger charge is -2.23. The summed E-state index contributed by atoms with van der Waals surface area (Å²) in [5.74, 6) is 0.502. The Morgan fingerprint density at radius 3 is 2.43 bits per heavy atom. The summed E-state index contributed by atoms with van der Waals surface area (Å²) in [6.45, 7) is 6.28. The Kier molecular flexibility index (Phi) is 7.58. The minimum absolute atomic E-state index is 0.127. The zero-order valence-corrected chi connectivity index (χ0v) is 17.2. The fourth-order valence-corrected chi connectivity index (χ4v) is 2.70. The first-order chi connectivity index (χ1) is 13.3. The average Bonchev–Trinajstić information content (AvgIpc) is 2.68. The van der Waals surface area contributed by atoms with Crippen LogP contribution in [0.3, 0.4) is 0 Å².